The number of H-pyrrole nitrogens is 1. The van der Waals surface area contributed by atoms with E-state index in [9.17, 15) is 14.4 Å². The molecule has 1 amide bonds. The Morgan fingerprint density at radius 3 is 2.24 bits per heavy atom. The van der Waals surface area contributed by atoms with Gasteiger partial charge in [0.1, 0.15) is 5.69 Å². The molecule has 7 heteroatoms. The zero-order valence-corrected chi connectivity index (χ0v) is 13.3. The molecule has 0 saturated heterocycles. The summed E-state index contributed by atoms with van der Waals surface area (Å²) in [6.07, 6.45) is 0. The molecule has 1 aromatic heterocycles. The van der Waals surface area contributed by atoms with Crippen molar-refractivity contribution in [3.63, 3.8) is 0 Å². The van der Waals surface area contributed by atoms with Crippen molar-refractivity contribution in [2.45, 2.75) is 6.92 Å². The monoisotopic (exact) mass is 337 g/mol. The molecule has 0 aliphatic heterocycles. The molecule has 126 valence electrons. The first-order valence-electron chi connectivity index (χ1n) is 7.49. The molecule has 25 heavy (non-hydrogen) atoms. The number of rotatable bonds is 4. The number of hydrogen-bond donors (Lipinski definition) is 3. The van der Waals surface area contributed by atoms with Gasteiger partial charge in [-0.3, -0.25) is 14.7 Å². The summed E-state index contributed by atoms with van der Waals surface area (Å²) in [5.74, 6) is -1.43. The van der Waals surface area contributed by atoms with Gasteiger partial charge in [-0.1, -0.05) is 18.2 Å². The van der Waals surface area contributed by atoms with Crippen LogP contribution in [0.2, 0.25) is 0 Å². The summed E-state index contributed by atoms with van der Waals surface area (Å²) in [4.78, 5) is 35.7. The highest BCUT2D eigenvalue weighted by Crippen LogP contribution is 2.13. The smallest absolute Gasteiger partial charge is 0.335 e. The summed E-state index contributed by atoms with van der Waals surface area (Å²) in [6.45, 7) is 1.67. The van der Waals surface area contributed by atoms with Crippen LogP contribution in [0.25, 0.3) is 5.69 Å². The number of carboxylic acids is 1. The lowest BCUT2D eigenvalue weighted by molar-refractivity contribution is 0.0696. The maximum Gasteiger partial charge on any atom is 0.335 e. The molecule has 0 bridgehead atoms. The van der Waals surface area contributed by atoms with Crippen LogP contribution in [0.3, 0.4) is 0 Å². The molecule has 0 unspecified atom stereocenters. The highest BCUT2D eigenvalue weighted by Gasteiger charge is 2.16. The highest BCUT2D eigenvalue weighted by atomic mass is 16.4. The number of aromatic nitrogens is 2. The third-order valence-electron chi connectivity index (χ3n) is 3.72. The summed E-state index contributed by atoms with van der Waals surface area (Å²) in [7, 11) is 0. The summed E-state index contributed by atoms with van der Waals surface area (Å²) >= 11 is 0. The van der Waals surface area contributed by atoms with E-state index in [2.05, 4.69) is 10.4 Å². The predicted octanol–water partition coefficient (Wildman–Crippen LogP) is 2.42. The first-order chi connectivity index (χ1) is 12.0. The average molecular weight is 337 g/mol. The van der Waals surface area contributed by atoms with Crippen molar-refractivity contribution in [1.29, 1.82) is 0 Å². The van der Waals surface area contributed by atoms with E-state index < -0.39 is 11.5 Å². The van der Waals surface area contributed by atoms with Gasteiger partial charge in [0.2, 0.25) is 0 Å². The van der Waals surface area contributed by atoms with Crippen LogP contribution < -0.4 is 10.9 Å². The maximum atomic E-state index is 12.6. The van der Waals surface area contributed by atoms with Crippen molar-refractivity contribution < 1.29 is 14.7 Å². The summed E-state index contributed by atoms with van der Waals surface area (Å²) in [5, 5.41) is 14.4. The highest BCUT2D eigenvalue weighted by molar-refractivity contribution is 6.04. The first-order valence-corrected chi connectivity index (χ1v) is 7.49. The molecule has 2 aromatic carbocycles. The number of amides is 1. The fraction of sp³-hybridized carbons (Fsp3) is 0.0556. The number of anilines is 1. The quantitative estimate of drug-likeness (QED) is 0.680. The summed E-state index contributed by atoms with van der Waals surface area (Å²) in [6, 6.07) is 14.4. The number of aromatic carboxylic acids is 1. The Kier molecular flexibility index (Phi) is 4.21. The molecule has 0 radical (unpaired) electrons. The van der Waals surface area contributed by atoms with Crippen LogP contribution in [0.4, 0.5) is 5.69 Å². The number of carboxylic acid groups (broad SMARTS) is 1. The zero-order chi connectivity index (χ0) is 18.0. The Hall–Kier alpha value is -3.61. The lowest BCUT2D eigenvalue weighted by atomic mass is 10.2. The van der Waals surface area contributed by atoms with Gasteiger partial charge in [-0.15, -0.1) is 0 Å². The van der Waals surface area contributed by atoms with Crippen molar-refractivity contribution in [3.05, 3.63) is 81.8 Å². The Balaban J connectivity index is 1.92. The van der Waals surface area contributed by atoms with E-state index in [1.807, 2.05) is 0 Å². The van der Waals surface area contributed by atoms with Crippen LogP contribution in [0, 0.1) is 6.92 Å². The lowest BCUT2D eigenvalue weighted by Gasteiger charge is -2.03. The minimum absolute atomic E-state index is 0.123. The molecular formula is C18H15N3O4. The number of aryl methyl sites for hydroxylation is 1. The van der Waals surface area contributed by atoms with Crippen molar-refractivity contribution in [2.75, 3.05) is 5.32 Å². The molecule has 7 nitrogen and oxygen atoms in total. The number of nitrogens with one attached hydrogen (secondary N) is 2. The summed E-state index contributed by atoms with van der Waals surface area (Å²) < 4.78 is 1.25. The third-order valence-corrected chi connectivity index (χ3v) is 3.72. The fourth-order valence-electron chi connectivity index (χ4n) is 2.40. The number of hydrogen-bond acceptors (Lipinski definition) is 3. The number of carbonyl (C=O) groups excluding carboxylic acids is 1. The van der Waals surface area contributed by atoms with Gasteiger partial charge in [0.25, 0.3) is 11.5 Å². The molecule has 1 heterocycles. The molecule has 0 aliphatic carbocycles. The van der Waals surface area contributed by atoms with Gasteiger partial charge < -0.3 is 10.4 Å². The lowest BCUT2D eigenvalue weighted by Crippen LogP contribution is -2.21. The first kappa shape index (κ1) is 16.3. The second-order valence-corrected chi connectivity index (χ2v) is 5.42. The molecule has 0 saturated carbocycles. The normalized spacial score (nSPS) is 10.4. The molecular weight excluding hydrogens is 322 g/mol. The molecule has 0 spiro atoms. The molecule has 0 aliphatic rings. The van der Waals surface area contributed by atoms with E-state index in [4.69, 9.17) is 5.11 Å². The third kappa shape index (κ3) is 3.20. The number of nitrogens with zero attached hydrogens (tertiary/aromatic N) is 1. The minimum Gasteiger partial charge on any atom is -0.478 e. The van der Waals surface area contributed by atoms with Crippen molar-refractivity contribution in [1.82, 2.24) is 9.78 Å². The second-order valence-electron chi connectivity index (χ2n) is 5.42. The van der Waals surface area contributed by atoms with Crippen LogP contribution in [0.15, 0.2) is 59.4 Å². The minimum atomic E-state index is -1.04. The van der Waals surface area contributed by atoms with Crippen molar-refractivity contribution in [2.24, 2.45) is 0 Å². The topological polar surface area (TPSA) is 104 Å². The fourth-order valence-corrected chi connectivity index (χ4v) is 2.40. The average Bonchev–Trinajstić information content (AvgIpc) is 2.90. The van der Waals surface area contributed by atoms with Crippen molar-refractivity contribution >= 4 is 17.6 Å². The van der Waals surface area contributed by atoms with E-state index in [0.29, 0.717) is 16.9 Å². The molecule has 3 N–H and O–H groups in total. The van der Waals surface area contributed by atoms with E-state index in [1.165, 1.54) is 28.9 Å². The molecule has 3 aromatic rings. The Labute approximate surface area is 142 Å². The van der Waals surface area contributed by atoms with E-state index in [1.54, 1.807) is 37.3 Å². The molecule has 0 fully saturated rings. The standard InChI is InChI=1S/C18H15N3O4/c1-11-15(19-16(22)12-5-3-2-4-6-12)17(23)21(20-11)14-9-7-13(8-10-14)18(24)25/h2-10,20H,1H3,(H,19,22)(H,24,25). The van der Waals surface area contributed by atoms with E-state index in [-0.39, 0.29) is 17.2 Å². The van der Waals surface area contributed by atoms with E-state index in [0.717, 1.165) is 0 Å². The van der Waals surface area contributed by atoms with Crippen LogP contribution in [-0.2, 0) is 0 Å². The van der Waals surface area contributed by atoms with Gasteiger partial charge in [-0.25, -0.2) is 9.48 Å². The summed E-state index contributed by atoms with van der Waals surface area (Å²) in [5.41, 5.74) is 1.26. The molecule has 0 atom stereocenters. The Morgan fingerprint density at radius 2 is 1.64 bits per heavy atom. The van der Waals surface area contributed by atoms with Crippen LogP contribution in [0.1, 0.15) is 26.4 Å². The van der Waals surface area contributed by atoms with Crippen LogP contribution >= 0.6 is 0 Å². The van der Waals surface area contributed by atoms with Gasteiger partial charge >= 0.3 is 5.97 Å². The SMILES string of the molecule is Cc1[nH]n(-c2ccc(C(=O)O)cc2)c(=O)c1NC(=O)c1ccccc1. The number of benzene rings is 2. The van der Waals surface area contributed by atoms with Gasteiger partial charge in [-0.05, 0) is 43.3 Å². The van der Waals surface area contributed by atoms with E-state index >= 15 is 0 Å². The van der Waals surface area contributed by atoms with Gasteiger partial charge in [-0.2, -0.15) is 0 Å². The molecule has 3 rings (SSSR count). The second kappa shape index (κ2) is 6.48. The van der Waals surface area contributed by atoms with Crippen LogP contribution in [0.5, 0.6) is 0 Å². The predicted molar refractivity (Wildman–Crippen MR) is 92.5 cm³/mol. The van der Waals surface area contributed by atoms with Gasteiger partial charge in [0.05, 0.1) is 16.9 Å². The number of aromatic amines is 1. The van der Waals surface area contributed by atoms with Gasteiger partial charge in [0, 0.05) is 5.56 Å². The Bertz CT molecular complexity index is 985. The number of carbonyl (C=O) groups is 2. The zero-order valence-electron chi connectivity index (χ0n) is 13.3. The maximum absolute atomic E-state index is 12.6. The Morgan fingerprint density at radius 1 is 1.00 bits per heavy atom. The van der Waals surface area contributed by atoms with Crippen LogP contribution in [-0.4, -0.2) is 26.8 Å². The van der Waals surface area contributed by atoms with Gasteiger partial charge in [0.15, 0.2) is 0 Å². The largest absolute Gasteiger partial charge is 0.478 e. The van der Waals surface area contributed by atoms with Crippen molar-refractivity contribution in [3.8, 4) is 5.69 Å².